The van der Waals surface area contributed by atoms with Crippen molar-refractivity contribution in [3.05, 3.63) is 29.8 Å². The van der Waals surface area contributed by atoms with E-state index in [2.05, 4.69) is 6.07 Å². The summed E-state index contributed by atoms with van der Waals surface area (Å²) in [5.74, 6) is 3.22. The number of fused-ring (bicyclic) bond motifs is 1. The molecule has 3 rings (SSSR count). The minimum atomic E-state index is -0.218. The molecule has 2 fully saturated rings. The van der Waals surface area contributed by atoms with E-state index in [-0.39, 0.29) is 6.10 Å². The zero-order valence-corrected chi connectivity index (χ0v) is 13.1. The van der Waals surface area contributed by atoms with Crippen LogP contribution in [0.5, 0.6) is 5.75 Å². The largest absolute Gasteiger partial charge is 0.496 e. The molecule has 21 heavy (non-hydrogen) atoms. The average Bonchev–Trinajstić information content (AvgIpc) is 2.55. The number of rotatable bonds is 4. The Morgan fingerprint density at radius 3 is 2.67 bits per heavy atom. The van der Waals surface area contributed by atoms with Gasteiger partial charge in [-0.2, -0.15) is 0 Å². The van der Waals surface area contributed by atoms with Gasteiger partial charge in [0, 0.05) is 6.42 Å². The maximum atomic E-state index is 10.7. The minimum Gasteiger partial charge on any atom is -0.496 e. The van der Waals surface area contributed by atoms with Crippen LogP contribution in [0.1, 0.15) is 50.5 Å². The van der Waals surface area contributed by atoms with Crippen LogP contribution in [-0.4, -0.2) is 18.3 Å². The van der Waals surface area contributed by atoms with Crippen LogP contribution >= 0.6 is 0 Å². The number of para-hydroxylation sites is 1. The van der Waals surface area contributed by atoms with Gasteiger partial charge in [0.25, 0.3) is 0 Å². The number of aliphatic hydroxyl groups excluding tert-OH is 1. The van der Waals surface area contributed by atoms with E-state index in [9.17, 15) is 5.11 Å². The van der Waals surface area contributed by atoms with Crippen LogP contribution in [-0.2, 0) is 6.42 Å². The van der Waals surface area contributed by atoms with Gasteiger partial charge in [-0.1, -0.05) is 43.9 Å². The molecule has 1 aromatic carbocycles. The van der Waals surface area contributed by atoms with E-state index in [1.807, 2.05) is 18.2 Å². The Labute approximate surface area is 128 Å². The summed E-state index contributed by atoms with van der Waals surface area (Å²) in [7, 11) is 1.71. The highest BCUT2D eigenvalue weighted by Gasteiger charge is 2.34. The number of benzene rings is 1. The lowest BCUT2D eigenvalue weighted by Gasteiger charge is -2.40. The lowest BCUT2D eigenvalue weighted by molar-refractivity contribution is 0.0358. The Kier molecular flexibility index (Phi) is 4.84. The monoisotopic (exact) mass is 288 g/mol. The van der Waals surface area contributed by atoms with Crippen LogP contribution in [0.4, 0.5) is 0 Å². The summed E-state index contributed by atoms with van der Waals surface area (Å²) < 4.78 is 5.41. The fraction of sp³-hybridized carbons (Fsp3) is 0.684. The highest BCUT2D eigenvalue weighted by molar-refractivity contribution is 5.33. The van der Waals surface area contributed by atoms with Gasteiger partial charge in [0.05, 0.1) is 13.2 Å². The maximum absolute atomic E-state index is 10.7. The number of ether oxygens (including phenoxy) is 1. The quantitative estimate of drug-likeness (QED) is 0.899. The summed E-state index contributed by atoms with van der Waals surface area (Å²) in [6.07, 6.45) is 9.93. The van der Waals surface area contributed by atoms with Gasteiger partial charge in [0.15, 0.2) is 0 Å². The molecule has 1 aromatic rings. The number of methoxy groups -OCH3 is 1. The van der Waals surface area contributed by atoms with E-state index < -0.39 is 0 Å². The van der Waals surface area contributed by atoms with Crippen LogP contribution in [0.25, 0.3) is 0 Å². The van der Waals surface area contributed by atoms with Crippen molar-refractivity contribution < 1.29 is 9.84 Å². The molecule has 0 bridgehead atoms. The van der Waals surface area contributed by atoms with Gasteiger partial charge >= 0.3 is 0 Å². The summed E-state index contributed by atoms with van der Waals surface area (Å²) in [6.45, 7) is 0. The van der Waals surface area contributed by atoms with Crippen molar-refractivity contribution in [3.63, 3.8) is 0 Å². The first-order chi connectivity index (χ1) is 10.3. The van der Waals surface area contributed by atoms with Crippen LogP contribution in [0.15, 0.2) is 24.3 Å². The molecule has 1 N–H and O–H groups in total. The predicted molar refractivity (Wildman–Crippen MR) is 85.5 cm³/mol. The molecule has 2 heteroatoms. The van der Waals surface area contributed by atoms with E-state index >= 15 is 0 Å². The van der Waals surface area contributed by atoms with Crippen molar-refractivity contribution >= 4 is 0 Å². The van der Waals surface area contributed by atoms with E-state index in [0.717, 1.165) is 29.6 Å². The van der Waals surface area contributed by atoms with Gasteiger partial charge in [-0.15, -0.1) is 0 Å². The lowest BCUT2D eigenvalue weighted by Crippen LogP contribution is -2.34. The van der Waals surface area contributed by atoms with Crippen molar-refractivity contribution in [1.82, 2.24) is 0 Å². The van der Waals surface area contributed by atoms with E-state index in [0.29, 0.717) is 5.92 Å². The number of hydrogen-bond acceptors (Lipinski definition) is 2. The molecule has 4 unspecified atom stereocenters. The van der Waals surface area contributed by atoms with Gasteiger partial charge in [-0.3, -0.25) is 0 Å². The van der Waals surface area contributed by atoms with Crippen molar-refractivity contribution in [3.8, 4) is 5.75 Å². The predicted octanol–water partition coefficient (Wildman–Crippen LogP) is 4.21. The first-order valence-corrected chi connectivity index (χ1v) is 8.58. The molecule has 0 spiro atoms. The molecule has 4 atom stereocenters. The molecule has 2 saturated carbocycles. The molecular formula is C19H28O2. The lowest BCUT2D eigenvalue weighted by atomic mass is 9.66. The molecule has 0 amide bonds. The number of hydrogen-bond donors (Lipinski definition) is 1. The summed E-state index contributed by atoms with van der Waals surface area (Å²) in [5, 5.41) is 10.7. The molecular weight excluding hydrogens is 260 g/mol. The Morgan fingerprint density at radius 2 is 1.86 bits per heavy atom. The Bertz CT molecular complexity index is 457. The number of aliphatic hydroxyl groups is 1. The second kappa shape index (κ2) is 6.83. The van der Waals surface area contributed by atoms with E-state index in [1.54, 1.807) is 7.11 Å². The van der Waals surface area contributed by atoms with Crippen molar-refractivity contribution in [2.45, 2.75) is 57.5 Å². The van der Waals surface area contributed by atoms with Crippen molar-refractivity contribution in [2.24, 2.45) is 17.8 Å². The average molecular weight is 288 g/mol. The van der Waals surface area contributed by atoms with Gasteiger partial charge in [0.2, 0.25) is 0 Å². The maximum Gasteiger partial charge on any atom is 0.122 e. The highest BCUT2D eigenvalue weighted by Crippen LogP contribution is 2.44. The van der Waals surface area contributed by atoms with Gasteiger partial charge in [-0.25, -0.2) is 0 Å². The highest BCUT2D eigenvalue weighted by atomic mass is 16.5. The van der Waals surface area contributed by atoms with Crippen LogP contribution in [0.2, 0.25) is 0 Å². The molecule has 2 aliphatic carbocycles. The van der Waals surface area contributed by atoms with Crippen molar-refractivity contribution in [1.29, 1.82) is 0 Å². The van der Waals surface area contributed by atoms with E-state index in [1.165, 1.54) is 44.9 Å². The third-order valence-corrected chi connectivity index (χ3v) is 5.75. The standard InChI is InChI=1S/C19H28O2/c1-21-19-9-5-4-8-17(19)13-18(20)16-11-10-14-6-2-3-7-15(14)12-16/h4-5,8-9,14-16,18,20H,2-3,6-7,10-13H2,1H3. The summed E-state index contributed by atoms with van der Waals surface area (Å²) in [6, 6.07) is 8.08. The summed E-state index contributed by atoms with van der Waals surface area (Å²) in [5.41, 5.74) is 1.14. The molecule has 0 radical (unpaired) electrons. The zero-order chi connectivity index (χ0) is 14.7. The summed E-state index contributed by atoms with van der Waals surface area (Å²) >= 11 is 0. The van der Waals surface area contributed by atoms with Crippen molar-refractivity contribution in [2.75, 3.05) is 7.11 Å². The van der Waals surface area contributed by atoms with Gasteiger partial charge < -0.3 is 9.84 Å². The zero-order valence-electron chi connectivity index (χ0n) is 13.1. The van der Waals surface area contributed by atoms with E-state index in [4.69, 9.17) is 4.74 Å². The fourth-order valence-corrected chi connectivity index (χ4v) is 4.52. The van der Waals surface area contributed by atoms with Crippen LogP contribution < -0.4 is 4.74 Å². The Morgan fingerprint density at radius 1 is 1.10 bits per heavy atom. The second-order valence-corrected chi connectivity index (χ2v) is 6.96. The molecule has 2 nitrogen and oxygen atoms in total. The molecule has 0 heterocycles. The first kappa shape index (κ1) is 14.9. The van der Waals surface area contributed by atoms with Crippen LogP contribution in [0, 0.1) is 17.8 Å². The topological polar surface area (TPSA) is 29.5 Å². The first-order valence-electron chi connectivity index (χ1n) is 8.58. The summed E-state index contributed by atoms with van der Waals surface area (Å²) in [4.78, 5) is 0. The second-order valence-electron chi connectivity index (χ2n) is 6.96. The Balaban J connectivity index is 1.61. The fourth-order valence-electron chi connectivity index (χ4n) is 4.52. The third kappa shape index (κ3) is 3.42. The third-order valence-electron chi connectivity index (χ3n) is 5.75. The molecule has 116 valence electrons. The molecule has 0 aliphatic heterocycles. The van der Waals surface area contributed by atoms with Gasteiger partial charge in [-0.05, 0) is 48.6 Å². The molecule has 0 aromatic heterocycles. The molecule has 0 saturated heterocycles. The Hall–Kier alpha value is -1.02. The smallest absolute Gasteiger partial charge is 0.122 e. The minimum absolute atomic E-state index is 0.218. The SMILES string of the molecule is COc1ccccc1CC(O)C1CCC2CCCCC2C1. The molecule has 2 aliphatic rings. The van der Waals surface area contributed by atoms with Gasteiger partial charge in [0.1, 0.15) is 5.75 Å². The normalized spacial score (nSPS) is 30.5. The van der Waals surface area contributed by atoms with Crippen LogP contribution in [0.3, 0.4) is 0 Å².